The van der Waals surface area contributed by atoms with Crippen LogP contribution in [-0.4, -0.2) is 49.9 Å². The van der Waals surface area contributed by atoms with E-state index < -0.39 is 60.9 Å². The quantitative estimate of drug-likeness (QED) is 0.278. The zero-order valence-electron chi connectivity index (χ0n) is 21.1. The Balaban J connectivity index is 1.53. The lowest BCUT2D eigenvalue weighted by Crippen LogP contribution is -2.43. The van der Waals surface area contributed by atoms with Gasteiger partial charge in [-0.25, -0.2) is 18.2 Å². The van der Waals surface area contributed by atoms with Crippen LogP contribution in [0.5, 0.6) is 17.2 Å². The van der Waals surface area contributed by atoms with Gasteiger partial charge in [0, 0.05) is 30.5 Å². The summed E-state index contributed by atoms with van der Waals surface area (Å²) in [5.74, 6) is -6.22. The van der Waals surface area contributed by atoms with Gasteiger partial charge in [0.15, 0.2) is 11.5 Å². The molecule has 1 saturated carbocycles. The number of amides is 1. The third kappa shape index (κ3) is 6.55. The van der Waals surface area contributed by atoms with Crippen molar-refractivity contribution < 1.29 is 45.3 Å². The van der Waals surface area contributed by atoms with Crippen LogP contribution in [0, 0.1) is 5.82 Å². The third-order valence-corrected chi connectivity index (χ3v) is 6.57. The predicted octanol–water partition coefficient (Wildman–Crippen LogP) is 6.81. The van der Waals surface area contributed by atoms with E-state index in [2.05, 4.69) is 10.3 Å². The molecule has 1 N–H and O–H groups in total. The molecule has 40 heavy (non-hydrogen) atoms. The van der Waals surface area contributed by atoms with Crippen molar-refractivity contribution in [2.24, 2.45) is 0 Å². The smallest absolute Gasteiger partial charge is 0.398 e. The summed E-state index contributed by atoms with van der Waals surface area (Å²) in [6.45, 7) is -0.858. The number of benzene rings is 2. The Bertz CT molecular complexity index is 1390. The van der Waals surface area contributed by atoms with Crippen LogP contribution in [0.4, 0.5) is 26.3 Å². The van der Waals surface area contributed by atoms with E-state index >= 15 is 0 Å². The number of halogens is 7. The number of ether oxygens (including phenoxy) is 3. The molecule has 3 aromatic rings. The summed E-state index contributed by atoms with van der Waals surface area (Å²) in [6, 6.07) is 9.84. The molecule has 0 bridgehead atoms. The fraction of sp³-hybridized carbons (Fsp3) is 0.333. The molecule has 1 atom stereocenters. The number of hydrogen-bond donors (Lipinski definition) is 1. The van der Waals surface area contributed by atoms with Crippen molar-refractivity contribution in [1.29, 1.82) is 0 Å². The van der Waals surface area contributed by atoms with Gasteiger partial charge in [-0.3, -0.25) is 4.79 Å². The van der Waals surface area contributed by atoms with Gasteiger partial charge < -0.3 is 19.5 Å². The number of methoxy groups -OCH3 is 2. The number of pyridine rings is 1. The number of alkyl halides is 5. The van der Waals surface area contributed by atoms with Gasteiger partial charge in [-0.15, -0.1) is 0 Å². The Morgan fingerprint density at radius 1 is 1.05 bits per heavy atom. The monoisotopic (exact) mass is 588 g/mol. The van der Waals surface area contributed by atoms with E-state index in [1.807, 2.05) is 0 Å². The van der Waals surface area contributed by atoms with Crippen LogP contribution in [-0.2, 0) is 0 Å². The van der Waals surface area contributed by atoms with Crippen molar-refractivity contribution in [3.8, 4) is 28.5 Å². The van der Waals surface area contributed by atoms with Gasteiger partial charge in [-0.2, -0.15) is 13.2 Å². The molecule has 1 heterocycles. The Hall–Kier alpha value is -3.67. The summed E-state index contributed by atoms with van der Waals surface area (Å²) in [6.07, 6.45) is -6.42. The van der Waals surface area contributed by atoms with Crippen LogP contribution >= 0.6 is 11.6 Å². The van der Waals surface area contributed by atoms with E-state index in [4.69, 9.17) is 25.8 Å². The summed E-state index contributed by atoms with van der Waals surface area (Å²) in [5, 5.41) is 2.01. The second-order valence-corrected chi connectivity index (χ2v) is 9.50. The Labute approximate surface area is 230 Å². The lowest BCUT2D eigenvalue weighted by atomic mass is 9.91. The highest BCUT2D eigenvalue weighted by molar-refractivity contribution is 6.31. The maximum Gasteiger partial charge on any atom is 0.398 e. The number of nitrogens with zero attached hydrogens (tertiary/aromatic N) is 1. The topological polar surface area (TPSA) is 69.7 Å². The molecule has 1 amide bonds. The van der Waals surface area contributed by atoms with Crippen molar-refractivity contribution in [2.75, 3.05) is 20.8 Å². The number of carbonyl (C=O) groups is 1. The van der Waals surface area contributed by atoms with Crippen LogP contribution in [0.1, 0.15) is 34.8 Å². The second kappa shape index (κ2) is 11.4. The molecule has 6 nitrogen and oxygen atoms in total. The molecule has 1 unspecified atom stereocenters. The molecular formula is C27H23ClF6N2O4. The summed E-state index contributed by atoms with van der Waals surface area (Å²) in [7, 11) is 2.58. The summed E-state index contributed by atoms with van der Waals surface area (Å²) >= 11 is 5.84. The molecule has 0 spiro atoms. The molecule has 0 aliphatic heterocycles. The molecular weight excluding hydrogens is 566 g/mol. The fourth-order valence-electron chi connectivity index (χ4n) is 4.13. The molecule has 0 radical (unpaired) electrons. The molecule has 1 fully saturated rings. The highest BCUT2D eigenvalue weighted by Crippen LogP contribution is 2.42. The van der Waals surface area contributed by atoms with Crippen molar-refractivity contribution in [1.82, 2.24) is 10.3 Å². The van der Waals surface area contributed by atoms with E-state index in [0.29, 0.717) is 0 Å². The van der Waals surface area contributed by atoms with E-state index in [0.717, 1.165) is 12.1 Å². The van der Waals surface area contributed by atoms with E-state index in [1.54, 1.807) is 0 Å². The van der Waals surface area contributed by atoms with E-state index in [9.17, 15) is 31.1 Å². The lowest BCUT2D eigenvalue weighted by Gasteiger charge is -2.35. The zero-order valence-corrected chi connectivity index (χ0v) is 21.9. The minimum Gasteiger partial charge on any atom is -0.494 e. The van der Waals surface area contributed by atoms with Gasteiger partial charge in [0.05, 0.1) is 24.9 Å². The minimum atomic E-state index is -4.80. The Morgan fingerprint density at radius 2 is 1.73 bits per heavy atom. The minimum absolute atomic E-state index is 0.00651. The van der Waals surface area contributed by atoms with E-state index in [-0.39, 0.29) is 39.1 Å². The highest BCUT2D eigenvalue weighted by atomic mass is 35.5. The maximum absolute atomic E-state index is 14.1. The highest BCUT2D eigenvalue weighted by Gasteiger charge is 2.47. The average molecular weight is 589 g/mol. The molecule has 4 rings (SSSR count). The van der Waals surface area contributed by atoms with Crippen LogP contribution < -0.4 is 19.5 Å². The third-order valence-electron chi connectivity index (χ3n) is 6.28. The van der Waals surface area contributed by atoms with Gasteiger partial charge in [0.25, 0.3) is 11.8 Å². The average Bonchev–Trinajstić information content (AvgIpc) is 2.88. The van der Waals surface area contributed by atoms with Crippen molar-refractivity contribution in [3.05, 3.63) is 70.6 Å². The van der Waals surface area contributed by atoms with Crippen molar-refractivity contribution >= 4 is 17.5 Å². The van der Waals surface area contributed by atoms with Gasteiger partial charge in [-0.05, 0) is 48.5 Å². The first-order valence-electron chi connectivity index (χ1n) is 11.9. The molecule has 1 aliphatic rings. The zero-order chi connectivity index (χ0) is 29.2. The van der Waals surface area contributed by atoms with Crippen LogP contribution in [0.15, 0.2) is 48.5 Å². The van der Waals surface area contributed by atoms with Gasteiger partial charge >= 0.3 is 6.18 Å². The van der Waals surface area contributed by atoms with Gasteiger partial charge in [0.2, 0.25) is 0 Å². The van der Waals surface area contributed by atoms with Gasteiger partial charge in [0.1, 0.15) is 29.3 Å². The molecule has 2 aromatic carbocycles. The van der Waals surface area contributed by atoms with Gasteiger partial charge in [-0.1, -0.05) is 11.6 Å². The number of nitrogens with one attached hydrogen (secondary N) is 1. The number of aromatic nitrogens is 1. The van der Waals surface area contributed by atoms with Crippen LogP contribution in [0.25, 0.3) is 11.3 Å². The first-order chi connectivity index (χ1) is 18.8. The first kappa shape index (κ1) is 29.3. The molecule has 13 heteroatoms. The Kier molecular flexibility index (Phi) is 8.38. The molecule has 1 aliphatic carbocycles. The number of carbonyl (C=O) groups excluding carboxylic acids is 1. The SMILES string of the molecule is COc1cc(C(=O)NCC(c2ccc(OC)c(-c3ccc(F)c(Cl)c3)n2)C(F)(F)F)ccc1OC1CC(F)(F)C1. The summed E-state index contributed by atoms with van der Waals surface area (Å²) in [4.78, 5) is 16.9. The van der Waals surface area contributed by atoms with Crippen LogP contribution in [0.2, 0.25) is 5.02 Å². The standard InChI is InChI=1S/C27H23ClF6N2O4/c1-38-22-8-6-20(36-24(22)14-3-5-19(29)18(28)9-14)17(27(32,33)34)13-35-25(37)15-4-7-21(23(10-15)39-2)40-16-11-26(30,31)12-16/h3-10,16-17H,11-13H2,1-2H3,(H,35,37). The first-order valence-corrected chi connectivity index (χ1v) is 12.3. The fourth-order valence-corrected chi connectivity index (χ4v) is 4.31. The predicted molar refractivity (Wildman–Crippen MR) is 134 cm³/mol. The summed E-state index contributed by atoms with van der Waals surface area (Å²) in [5.41, 5.74) is -0.210. The normalized spacial score (nSPS) is 15.6. The lowest BCUT2D eigenvalue weighted by molar-refractivity contribution is -0.149. The second-order valence-electron chi connectivity index (χ2n) is 9.09. The van der Waals surface area contributed by atoms with Crippen molar-refractivity contribution in [2.45, 2.75) is 37.0 Å². The number of hydrogen-bond acceptors (Lipinski definition) is 5. The van der Waals surface area contributed by atoms with Crippen molar-refractivity contribution in [3.63, 3.8) is 0 Å². The summed E-state index contributed by atoms with van der Waals surface area (Å²) < 4.78 is 98.0. The molecule has 1 aromatic heterocycles. The Morgan fingerprint density at radius 3 is 2.33 bits per heavy atom. The maximum atomic E-state index is 14.1. The largest absolute Gasteiger partial charge is 0.494 e. The number of rotatable bonds is 9. The molecule has 0 saturated heterocycles. The van der Waals surface area contributed by atoms with E-state index in [1.165, 1.54) is 50.6 Å². The molecule has 214 valence electrons. The van der Waals surface area contributed by atoms with Crippen LogP contribution in [0.3, 0.4) is 0 Å².